The van der Waals surface area contributed by atoms with Crippen LogP contribution >= 0.6 is 0 Å². The quantitative estimate of drug-likeness (QED) is 0.600. The molecule has 0 aromatic carbocycles. The van der Waals surface area contributed by atoms with Gasteiger partial charge in [-0.05, 0) is 61.0 Å². The van der Waals surface area contributed by atoms with Crippen molar-refractivity contribution in [1.82, 2.24) is 10.2 Å². The monoisotopic (exact) mass is 426 g/mol. The van der Waals surface area contributed by atoms with E-state index in [1.54, 1.807) is 17.9 Å². The number of hydrogen-bond donors (Lipinski definition) is 3. The van der Waals surface area contributed by atoms with E-state index in [4.69, 9.17) is 4.74 Å². The summed E-state index contributed by atoms with van der Waals surface area (Å²) in [6.45, 7) is 4.20. The third kappa shape index (κ3) is 2.40. The fraction of sp³-hybridized carbons (Fsp3) is 0.542. The summed E-state index contributed by atoms with van der Waals surface area (Å²) in [6, 6.07) is -0.244. The fourth-order valence-corrected chi connectivity index (χ4v) is 6.35. The van der Waals surface area contributed by atoms with Gasteiger partial charge in [0.15, 0.2) is 6.29 Å². The Hall–Kier alpha value is -2.22. The molecule has 6 aliphatic rings. The molecule has 164 valence electrons. The average Bonchev–Trinajstić information content (AvgIpc) is 3.14. The zero-order valence-corrected chi connectivity index (χ0v) is 17.7. The Bertz CT molecular complexity index is 1070. The first kappa shape index (κ1) is 19.5. The first-order chi connectivity index (χ1) is 14.8. The number of fused-ring (bicyclic) bond motifs is 4. The van der Waals surface area contributed by atoms with Crippen molar-refractivity contribution in [3.63, 3.8) is 0 Å². The van der Waals surface area contributed by atoms with Crippen molar-refractivity contribution in [2.75, 3.05) is 13.2 Å². The van der Waals surface area contributed by atoms with Gasteiger partial charge in [0.25, 0.3) is 0 Å². The SMILES string of the molecule is CC[C@@]1(O)C(O)OCC2C(=O)N3CC4=C(NC5C=C(F)C(C)=C6CCCC4=C65)C3=CC21. The van der Waals surface area contributed by atoms with Gasteiger partial charge >= 0.3 is 0 Å². The van der Waals surface area contributed by atoms with Crippen LogP contribution in [0.5, 0.6) is 0 Å². The number of ether oxygens (including phenoxy) is 1. The zero-order valence-electron chi connectivity index (χ0n) is 17.7. The Kier molecular flexibility index (Phi) is 4.02. The molecule has 5 atom stereocenters. The van der Waals surface area contributed by atoms with Gasteiger partial charge in [0, 0.05) is 11.5 Å². The molecule has 0 aromatic rings. The molecular weight excluding hydrogens is 399 g/mol. The van der Waals surface area contributed by atoms with Crippen molar-refractivity contribution in [1.29, 1.82) is 0 Å². The molecule has 1 amide bonds. The fourth-order valence-electron chi connectivity index (χ4n) is 6.35. The lowest BCUT2D eigenvalue weighted by molar-refractivity contribution is -0.269. The maximum Gasteiger partial charge on any atom is 0.233 e. The molecule has 0 spiro atoms. The van der Waals surface area contributed by atoms with Crippen molar-refractivity contribution in [3.05, 3.63) is 57.2 Å². The molecule has 4 aliphatic heterocycles. The maximum absolute atomic E-state index is 14.7. The van der Waals surface area contributed by atoms with Crippen LogP contribution in [0.2, 0.25) is 0 Å². The van der Waals surface area contributed by atoms with Gasteiger partial charge < -0.3 is 25.2 Å². The molecular formula is C24H27FN2O4. The first-order valence-electron chi connectivity index (χ1n) is 11.2. The highest BCUT2D eigenvalue weighted by molar-refractivity contribution is 5.86. The Morgan fingerprint density at radius 1 is 1.29 bits per heavy atom. The lowest BCUT2D eigenvalue weighted by Gasteiger charge is -2.48. The molecule has 0 bridgehead atoms. The number of nitrogens with zero attached hydrogens (tertiary/aromatic N) is 1. The summed E-state index contributed by atoms with van der Waals surface area (Å²) in [7, 11) is 0. The second-order valence-corrected chi connectivity index (χ2v) is 9.48. The number of allylic oxidation sites excluding steroid dienone is 2. The number of nitrogens with one attached hydrogen (secondary N) is 1. The molecule has 31 heavy (non-hydrogen) atoms. The number of aliphatic hydroxyl groups excluding tert-OH is 1. The topological polar surface area (TPSA) is 82.0 Å². The number of rotatable bonds is 1. The van der Waals surface area contributed by atoms with E-state index in [1.807, 2.05) is 13.0 Å². The summed E-state index contributed by atoms with van der Waals surface area (Å²) < 4.78 is 20.1. The minimum absolute atomic E-state index is 0.0853. The molecule has 1 fully saturated rings. The van der Waals surface area contributed by atoms with E-state index in [2.05, 4.69) is 5.32 Å². The van der Waals surface area contributed by atoms with E-state index in [0.717, 1.165) is 47.4 Å². The van der Waals surface area contributed by atoms with Gasteiger partial charge in [0.1, 0.15) is 11.4 Å². The molecule has 1 saturated heterocycles. The Morgan fingerprint density at radius 2 is 2.06 bits per heavy atom. The van der Waals surface area contributed by atoms with Crippen molar-refractivity contribution >= 4 is 5.91 Å². The van der Waals surface area contributed by atoms with Gasteiger partial charge in [0.05, 0.1) is 36.5 Å². The molecule has 6 nitrogen and oxygen atoms in total. The number of aliphatic hydroxyl groups is 2. The number of carbonyl (C=O) groups is 1. The minimum Gasteiger partial charge on any atom is -0.384 e. The summed E-state index contributed by atoms with van der Waals surface area (Å²) in [5, 5.41) is 25.0. The van der Waals surface area contributed by atoms with Crippen LogP contribution < -0.4 is 5.32 Å². The van der Waals surface area contributed by atoms with Crippen LogP contribution in [0, 0.1) is 11.8 Å². The number of amides is 1. The van der Waals surface area contributed by atoms with Gasteiger partial charge in [-0.3, -0.25) is 4.79 Å². The molecule has 4 heterocycles. The first-order valence-corrected chi connectivity index (χ1v) is 11.2. The summed E-state index contributed by atoms with van der Waals surface area (Å²) in [5.74, 6) is -1.33. The lowest BCUT2D eigenvalue weighted by atomic mass is 9.71. The van der Waals surface area contributed by atoms with Crippen LogP contribution in [-0.4, -0.2) is 52.1 Å². The Labute approximate surface area is 180 Å². The average molecular weight is 426 g/mol. The van der Waals surface area contributed by atoms with Crippen molar-refractivity contribution < 1.29 is 24.1 Å². The van der Waals surface area contributed by atoms with Crippen molar-refractivity contribution in [2.24, 2.45) is 11.8 Å². The van der Waals surface area contributed by atoms with Crippen LogP contribution in [-0.2, 0) is 9.53 Å². The third-order valence-corrected chi connectivity index (χ3v) is 8.13. The van der Waals surface area contributed by atoms with E-state index in [1.165, 1.54) is 11.1 Å². The zero-order chi connectivity index (χ0) is 21.7. The van der Waals surface area contributed by atoms with Gasteiger partial charge in [0.2, 0.25) is 5.91 Å². The van der Waals surface area contributed by atoms with E-state index in [-0.39, 0.29) is 30.8 Å². The third-order valence-electron chi connectivity index (χ3n) is 8.13. The van der Waals surface area contributed by atoms with Gasteiger partial charge in [-0.2, -0.15) is 0 Å². The van der Waals surface area contributed by atoms with Crippen molar-refractivity contribution in [3.8, 4) is 0 Å². The predicted molar refractivity (Wildman–Crippen MR) is 111 cm³/mol. The van der Waals surface area contributed by atoms with Crippen LogP contribution in [0.4, 0.5) is 4.39 Å². The molecule has 4 unspecified atom stereocenters. The number of halogens is 1. The highest BCUT2D eigenvalue weighted by Crippen LogP contribution is 2.51. The molecule has 0 aromatic heterocycles. The Balaban J connectivity index is 1.49. The normalized spacial score (nSPS) is 38.9. The predicted octanol–water partition coefficient (Wildman–Crippen LogP) is 2.34. The summed E-state index contributed by atoms with van der Waals surface area (Å²) >= 11 is 0. The maximum atomic E-state index is 14.7. The number of hydrogen-bond acceptors (Lipinski definition) is 5. The minimum atomic E-state index is -1.52. The summed E-state index contributed by atoms with van der Waals surface area (Å²) in [4.78, 5) is 15.2. The van der Waals surface area contributed by atoms with E-state index >= 15 is 0 Å². The van der Waals surface area contributed by atoms with E-state index in [0.29, 0.717) is 6.54 Å². The standard InChI is InChI=1S/C24H27FN2O4/c1-3-24(30)16-7-19-21-14(9-27(19)22(28)15(16)10-31-23(24)29)13-6-4-5-12-11(2)17(25)8-18(26-21)20(12)13/h7-8,15-16,18,23,26,29-30H,3-6,9-10H2,1-2H3/t15?,16?,18?,23?,24-/m0/s1. The van der Waals surface area contributed by atoms with Crippen LogP contribution in [0.15, 0.2) is 57.2 Å². The molecule has 0 radical (unpaired) electrons. The van der Waals surface area contributed by atoms with Crippen LogP contribution in [0.25, 0.3) is 0 Å². The Morgan fingerprint density at radius 3 is 2.84 bits per heavy atom. The van der Waals surface area contributed by atoms with E-state index < -0.39 is 23.7 Å². The molecule has 3 N–H and O–H groups in total. The smallest absolute Gasteiger partial charge is 0.233 e. The van der Waals surface area contributed by atoms with Gasteiger partial charge in [-0.15, -0.1) is 0 Å². The van der Waals surface area contributed by atoms with Gasteiger partial charge in [-0.1, -0.05) is 13.0 Å². The van der Waals surface area contributed by atoms with Crippen molar-refractivity contribution in [2.45, 2.75) is 57.5 Å². The highest BCUT2D eigenvalue weighted by atomic mass is 19.1. The lowest BCUT2D eigenvalue weighted by Crippen LogP contribution is -2.61. The molecule has 0 saturated carbocycles. The number of dihydropyridines is 1. The van der Waals surface area contributed by atoms with Crippen LogP contribution in [0.3, 0.4) is 0 Å². The second kappa shape index (κ2) is 6.40. The second-order valence-electron chi connectivity index (χ2n) is 9.48. The highest BCUT2D eigenvalue weighted by Gasteiger charge is 2.56. The van der Waals surface area contributed by atoms with Gasteiger partial charge in [-0.25, -0.2) is 4.39 Å². The van der Waals surface area contributed by atoms with E-state index in [9.17, 15) is 19.4 Å². The molecule has 6 rings (SSSR count). The number of carbonyl (C=O) groups excluding carboxylic acids is 1. The largest absolute Gasteiger partial charge is 0.384 e. The summed E-state index contributed by atoms with van der Waals surface area (Å²) in [5.41, 5.74) is 5.42. The summed E-state index contributed by atoms with van der Waals surface area (Å²) in [6.07, 6.45) is 5.27. The molecule has 2 aliphatic carbocycles. The molecule has 7 heteroatoms. The van der Waals surface area contributed by atoms with Crippen LogP contribution in [0.1, 0.15) is 39.5 Å².